The van der Waals surface area contributed by atoms with Gasteiger partial charge in [0.05, 0.1) is 15.5 Å². The molecule has 2 aromatic rings. The van der Waals surface area contributed by atoms with Gasteiger partial charge in [-0.15, -0.1) is 0 Å². The topological polar surface area (TPSA) is 62.2 Å². The van der Waals surface area contributed by atoms with Gasteiger partial charge in [-0.25, -0.2) is 9.37 Å². The third-order valence-corrected chi connectivity index (χ3v) is 3.29. The number of nitrogens with zero attached hydrogens (tertiary/aromatic N) is 1. The molecule has 0 saturated carbocycles. The van der Waals surface area contributed by atoms with Gasteiger partial charge in [-0.3, -0.25) is 10.1 Å². The largest absolute Gasteiger partial charge is 0.507 e. The molecule has 1 aromatic heterocycles. The third kappa shape index (κ3) is 2.80. The molecule has 7 heteroatoms. The number of anilines is 1. The number of hydrogen-bond donors (Lipinski definition) is 2. The molecule has 0 aliphatic carbocycles. The van der Waals surface area contributed by atoms with Crippen LogP contribution in [0.5, 0.6) is 5.75 Å². The fourth-order valence-corrected chi connectivity index (χ4v) is 2.27. The van der Waals surface area contributed by atoms with Crippen LogP contribution in [0.4, 0.5) is 9.52 Å². The lowest BCUT2D eigenvalue weighted by Crippen LogP contribution is -2.12. The van der Waals surface area contributed by atoms with Gasteiger partial charge in [0.2, 0.25) is 0 Å². The highest BCUT2D eigenvalue weighted by atomic mass is 79.9. The van der Waals surface area contributed by atoms with Gasteiger partial charge in [-0.1, -0.05) is 11.3 Å². The smallest absolute Gasteiger partial charge is 0.261 e. The van der Waals surface area contributed by atoms with Crippen LogP contribution in [-0.4, -0.2) is 16.0 Å². The van der Waals surface area contributed by atoms with Crippen LogP contribution in [0.25, 0.3) is 0 Å². The van der Waals surface area contributed by atoms with Crippen LogP contribution in [0, 0.1) is 5.82 Å². The molecule has 0 aliphatic heterocycles. The number of nitrogens with one attached hydrogen (secondary N) is 1. The van der Waals surface area contributed by atoms with Crippen molar-refractivity contribution < 1.29 is 14.3 Å². The zero-order chi connectivity index (χ0) is 12.4. The maximum absolute atomic E-state index is 12.9. The van der Waals surface area contributed by atoms with Crippen molar-refractivity contribution in [3.8, 4) is 5.75 Å². The lowest BCUT2D eigenvalue weighted by molar-refractivity contribution is 0.102. The van der Waals surface area contributed by atoms with Crippen LogP contribution in [0.2, 0.25) is 0 Å². The average molecular weight is 317 g/mol. The molecular formula is C10H6BrFN2O2S. The van der Waals surface area contributed by atoms with Crippen molar-refractivity contribution in [2.75, 3.05) is 5.32 Å². The van der Waals surface area contributed by atoms with E-state index in [9.17, 15) is 14.3 Å². The Balaban J connectivity index is 2.22. The Hall–Kier alpha value is -1.47. The monoisotopic (exact) mass is 316 g/mol. The second kappa shape index (κ2) is 4.80. The lowest BCUT2D eigenvalue weighted by atomic mass is 10.2. The molecule has 0 atom stereocenters. The number of benzene rings is 1. The Labute approximate surface area is 108 Å². The van der Waals surface area contributed by atoms with Gasteiger partial charge in [-0.05, 0) is 34.1 Å². The SMILES string of the molecule is O=C(Nc1ncc(Br)s1)c1cc(F)ccc1O. The van der Waals surface area contributed by atoms with Crippen LogP contribution in [0.1, 0.15) is 10.4 Å². The van der Waals surface area contributed by atoms with Crippen molar-refractivity contribution in [2.45, 2.75) is 0 Å². The van der Waals surface area contributed by atoms with Crippen molar-refractivity contribution in [2.24, 2.45) is 0 Å². The molecule has 0 bridgehead atoms. The maximum Gasteiger partial charge on any atom is 0.261 e. The Morgan fingerprint density at radius 1 is 1.53 bits per heavy atom. The van der Waals surface area contributed by atoms with E-state index in [0.29, 0.717) is 5.13 Å². The molecule has 1 amide bonds. The summed E-state index contributed by atoms with van der Waals surface area (Å²) in [5.41, 5.74) is -0.128. The van der Waals surface area contributed by atoms with E-state index in [1.807, 2.05) is 0 Å². The summed E-state index contributed by atoms with van der Waals surface area (Å²) in [5, 5.41) is 12.3. The Morgan fingerprint density at radius 3 is 2.94 bits per heavy atom. The van der Waals surface area contributed by atoms with Gasteiger partial charge in [0.1, 0.15) is 11.6 Å². The van der Waals surface area contributed by atoms with Crippen molar-refractivity contribution in [1.29, 1.82) is 0 Å². The van der Waals surface area contributed by atoms with Crippen LogP contribution >= 0.6 is 27.3 Å². The van der Waals surface area contributed by atoms with Gasteiger partial charge in [-0.2, -0.15) is 0 Å². The molecule has 0 spiro atoms. The number of carbonyl (C=O) groups is 1. The fourth-order valence-electron chi connectivity index (χ4n) is 1.17. The number of thiazole rings is 1. The summed E-state index contributed by atoms with van der Waals surface area (Å²) in [4.78, 5) is 15.6. The molecule has 17 heavy (non-hydrogen) atoms. The van der Waals surface area contributed by atoms with Crippen LogP contribution in [0.3, 0.4) is 0 Å². The van der Waals surface area contributed by atoms with E-state index in [1.54, 1.807) is 0 Å². The molecule has 1 heterocycles. The first kappa shape index (κ1) is 12.0. The zero-order valence-electron chi connectivity index (χ0n) is 8.28. The van der Waals surface area contributed by atoms with Gasteiger partial charge < -0.3 is 5.11 Å². The van der Waals surface area contributed by atoms with E-state index in [1.165, 1.54) is 17.5 Å². The standard InChI is InChI=1S/C10H6BrFN2O2S/c11-8-4-13-10(17-8)14-9(16)6-3-5(12)1-2-7(6)15/h1-4,15H,(H,13,14,16). The molecule has 0 fully saturated rings. The normalized spacial score (nSPS) is 10.2. The number of aromatic hydroxyl groups is 1. The van der Waals surface area contributed by atoms with E-state index in [0.717, 1.165) is 22.0 Å². The van der Waals surface area contributed by atoms with E-state index < -0.39 is 11.7 Å². The summed E-state index contributed by atoms with van der Waals surface area (Å²) < 4.78 is 13.7. The number of rotatable bonds is 2. The van der Waals surface area contributed by atoms with Crippen molar-refractivity contribution in [1.82, 2.24) is 4.98 Å². The second-order valence-electron chi connectivity index (χ2n) is 3.09. The molecule has 0 unspecified atom stereocenters. The van der Waals surface area contributed by atoms with Crippen LogP contribution < -0.4 is 5.32 Å². The predicted molar refractivity (Wildman–Crippen MR) is 65.8 cm³/mol. The van der Waals surface area contributed by atoms with Gasteiger partial charge in [0, 0.05) is 0 Å². The quantitative estimate of drug-likeness (QED) is 0.895. The summed E-state index contributed by atoms with van der Waals surface area (Å²) in [5.74, 6) is -1.48. The first-order valence-electron chi connectivity index (χ1n) is 4.47. The molecule has 0 saturated heterocycles. The van der Waals surface area contributed by atoms with Crippen molar-refractivity contribution in [3.63, 3.8) is 0 Å². The summed E-state index contributed by atoms with van der Waals surface area (Å²) in [6.45, 7) is 0. The highest BCUT2D eigenvalue weighted by Gasteiger charge is 2.13. The Bertz CT molecular complexity index is 573. The van der Waals surface area contributed by atoms with Crippen molar-refractivity contribution >= 4 is 38.3 Å². The molecule has 2 rings (SSSR count). The average Bonchev–Trinajstić information content (AvgIpc) is 2.67. The lowest BCUT2D eigenvalue weighted by Gasteiger charge is -2.03. The summed E-state index contributed by atoms with van der Waals surface area (Å²) in [7, 11) is 0. The van der Waals surface area contributed by atoms with E-state index in [-0.39, 0.29) is 11.3 Å². The number of phenols is 1. The minimum Gasteiger partial charge on any atom is -0.507 e. The molecule has 0 radical (unpaired) electrons. The van der Waals surface area contributed by atoms with Gasteiger partial charge in [0.15, 0.2) is 5.13 Å². The number of amides is 1. The minimum absolute atomic E-state index is 0.128. The first-order chi connectivity index (χ1) is 8.06. The highest BCUT2D eigenvalue weighted by Crippen LogP contribution is 2.25. The van der Waals surface area contributed by atoms with Crippen LogP contribution in [0.15, 0.2) is 28.2 Å². The molecule has 88 valence electrons. The number of phenolic OH excluding ortho intramolecular Hbond substituents is 1. The molecule has 1 aromatic carbocycles. The number of aromatic nitrogens is 1. The van der Waals surface area contributed by atoms with Crippen LogP contribution in [-0.2, 0) is 0 Å². The van der Waals surface area contributed by atoms with E-state index >= 15 is 0 Å². The molecular weight excluding hydrogens is 311 g/mol. The van der Waals surface area contributed by atoms with E-state index in [2.05, 4.69) is 26.2 Å². The van der Waals surface area contributed by atoms with Crippen molar-refractivity contribution in [3.05, 3.63) is 39.6 Å². The molecule has 2 N–H and O–H groups in total. The zero-order valence-corrected chi connectivity index (χ0v) is 10.7. The summed E-state index contributed by atoms with van der Waals surface area (Å²) >= 11 is 4.42. The number of halogens is 2. The maximum atomic E-state index is 12.9. The number of carbonyl (C=O) groups excluding carboxylic acids is 1. The third-order valence-electron chi connectivity index (χ3n) is 1.90. The minimum atomic E-state index is -0.608. The number of hydrogen-bond acceptors (Lipinski definition) is 4. The van der Waals surface area contributed by atoms with E-state index in [4.69, 9.17) is 0 Å². The Kier molecular flexibility index (Phi) is 3.39. The van der Waals surface area contributed by atoms with Gasteiger partial charge in [0.25, 0.3) is 5.91 Å². The van der Waals surface area contributed by atoms with Gasteiger partial charge >= 0.3 is 0 Å². The highest BCUT2D eigenvalue weighted by molar-refractivity contribution is 9.11. The second-order valence-corrected chi connectivity index (χ2v) is 5.50. The Morgan fingerprint density at radius 2 is 2.29 bits per heavy atom. The summed E-state index contributed by atoms with van der Waals surface area (Å²) in [6.07, 6.45) is 1.53. The first-order valence-corrected chi connectivity index (χ1v) is 6.08. The molecule has 4 nitrogen and oxygen atoms in total. The fraction of sp³-hybridized carbons (Fsp3) is 0. The molecule has 0 aliphatic rings. The summed E-state index contributed by atoms with van der Waals surface area (Å²) in [6, 6.07) is 3.17. The predicted octanol–water partition coefficient (Wildman–Crippen LogP) is 3.00.